The lowest BCUT2D eigenvalue weighted by Gasteiger charge is -2.10. The lowest BCUT2D eigenvalue weighted by molar-refractivity contribution is -0.118. The summed E-state index contributed by atoms with van der Waals surface area (Å²) >= 11 is 0. The van der Waals surface area contributed by atoms with Crippen molar-refractivity contribution in [3.8, 4) is 11.5 Å². The van der Waals surface area contributed by atoms with Crippen molar-refractivity contribution in [2.75, 3.05) is 18.2 Å². The van der Waals surface area contributed by atoms with Crippen molar-refractivity contribution in [1.82, 2.24) is 0 Å². The van der Waals surface area contributed by atoms with Crippen LogP contribution < -0.4 is 14.8 Å². The molecule has 3 aromatic carbocycles. The molecule has 0 atom stereocenters. The van der Waals surface area contributed by atoms with Gasteiger partial charge in [-0.1, -0.05) is 36.4 Å². The summed E-state index contributed by atoms with van der Waals surface area (Å²) in [5, 5.41) is 2.62. The van der Waals surface area contributed by atoms with Gasteiger partial charge in [0.2, 0.25) is 0 Å². The molecule has 3 aromatic rings. The highest BCUT2D eigenvalue weighted by Crippen LogP contribution is 2.19. The van der Waals surface area contributed by atoms with Crippen molar-refractivity contribution in [3.05, 3.63) is 84.4 Å². The van der Waals surface area contributed by atoms with Crippen LogP contribution in [0.1, 0.15) is 5.56 Å². The Morgan fingerprint density at radius 2 is 1.52 bits per heavy atom. The van der Waals surface area contributed by atoms with Crippen LogP contribution in [0.5, 0.6) is 11.5 Å². The molecule has 0 heterocycles. The van der Waals surface area contributed by atoms with Gasteiger partial charge in [-0.25, -0.2) is 8.42 Å². The molecule has 0 radical (unpaired) electrons. The molecule has 3 rings (SSSR count). The summed E-state index contributed by atoms with van der Waals surface area (Å²) in [5.74, 6) is 0.834. The largest absolute Gasteiger partial charge is 0.489 e. The van der Waals surface area contributed by atoms with E-state index in [0.29, 0.717) is 23.8 Å². The summed E-state index contributed by atoms with van der Waals surface area (Å²) < 4.78 is 34.4. The lowest BCUT2D eigenvalue weighted by atomic mass is 10.2. The summed E-state index contributed by atoms with van der Waals surface area (Å²) in [6, 6.07) is 22.9. The fourth-order valence-corrected chi connectivity index (χ4v) is 3.19. The molecule has 0 aliphatic rings. The van der Waals surface area contributed by atoms with Crippen molar-refractivity contribution in [1.29, 1.82) is 0 Å². The van der Waals surface area contributed by atoms with E-state index in [0.717, 1.165) is 11.8 Å². The molecule has 1 amide bonds. The smallest absolute Gasteiger partial charge is 0.262 e. The zero-order chi connectivity index (χ0) is 20.7. The molecular formula is C22H21NO5S. The summed E-state index contributed by atoms with van der Waals surface area (Å²) in [6.07, 6.45) is 1.12. The van der Waals surface area contributed by atoms with Gasteiger partial charge in [0, 0.05) is 11.9 Å². The Morgan fingerprint density at radius 3 is 2.17 bits per heavy atom. The fraction of sp³-hybridized carbons (Fsp3) is 0.136. The number of sulfone groups is 1. The van der Waals surface area contributed by atoms with E-state index in [9.17, 15) is 13.2 Å². The molecular weight excluding hydrogens is 390 g/mol. The maximum Gasteiger partial charge on any atom is 0.262 e. The molecule has 0 unspecified atom stereocenters. The van der Waals surface area contributed by atoms with Gasteiger partial charge in [0.05, 0.1) is 4.90 Å². The van der Waals surface area contributed by atoms with E-state index in [1.807, 2.05) is 30.3 Å². The van der Waals surface area contributed by atoms with Gasteiger partial charge < -0.3 is 14.8 Å². The molecule has 7 heteroatoms. The van der Waals surface area contributed by atoms with Crippen molar-refractivity contribution in [2.45, 2.75) is 11.5 Å². The number of anilines is 1. The predicted molar refractivity (Wildman–Crippen MR) is 111 cm³/mol. The highest BCUT2D eigenvalue weighted by molar-refractivity contribution is 7.90. The molecule has 0 saturated carbocycles. The number of nitrogens with one attached hydrogen (secondary N) is 1. The summed E-state index contributed by atoms with van der Waals surface area (Å²) in [5.41, 5.74) is 1.47. The number of hydrogen-bond donors (Lipinski definition) is 1. The standard InChI is InChI=1S/C22H21NO5S/c1-29(25,26)21-9-5-8-18(14-21)23-22(24)16-28-20-12-10-19(11-13-20)27-15-17-6-3-2-4-7-17/h2-14H,15-16H2,1H3,(H,23,24). The molecule has 29 heavy (non-hydrogen) atoms. The zero-order valence-electron chi connectivity index (χ0n) is 15.9. The Balaban J connectivity index is 1.49. The Labute approximate surface area is 170 Å². The maximum atomic E-state index is 12.1. The minimum Gasteiger partial charge on any atom is -0.489 e. The molecule has 0 saturated heterocycles. The van der Waals surface area contributed by atoms with Crippen LogP contribution in [0.4, 0.5) is 5.69 Å². The highest BCUT2D eigenvalue weighted by Gasteiger charge is 2.09. The average molecular weight is 411 g/mol. The second kappa shape index (κ2) is 9.25. The van der Waals surface area contributed by atoms with Gasteiger partial charge in [0.25, 0.3) is 5.91 Å². The first-order chi connectivity index (χ1) is 13.9. The molecule has 0 aliphatic carbocycles. The van der Waals surface area contributed by atoms with Gasteiger partial charge in [-0.2, -0.15) is 0 Å². The van der Waals surface area contributed by atoms with Crippen molar-refractivity contribution < 1.29 is 22.7 Å². The molecule has 0 aliphatic heterocycles. The Morgan fingerprint density at radius 1 is 0.862 bits per heavy atom. The number of carbonyl (C=O) groups is 1. The van der Waals surface area contributed by atoms with E-state index < -0.39 is 9.84 Å². The quantitative estimate of drug-likeness (QED) is 0.611. The fourth-order valence-electron chi connectivity index (χ4n) is 2.52. The van der Waals surface area contributed by atoms with Gasteiger partial charge in [-0.05, 0) is 48.0 Å². The second-order valence-electron chi connectivity index (χ2n) is 6.38. The number of hydrogen-bond acceptors (Lipinski definition) is 5. The monoisotopic (exact) mass is 411 g/mol. The number of carbonyl (C=O) groups excluding carboxylic acids is 1. The summed E-state index contributed by atoms with van der Waals surface area (Å²) in [6.45, 7) is 0.267. The number of rotatable bonds is 8. The molecule has 0 bridgehead atoms. The molecule has 150 valence electrons. The van der Waals surface area contributed by atoms with Gasteiger partial charge in [-0.3, -0.25) is 4.79 Å². The molecule has 0 aromatic heterocycles. The van der Waals surface area contributed by atoms with E-state index in [-0.39, 0.29) is 17.4 Å². The molecule has 0 fully saturated rings. The zero-order valence-corrected chi connectivity index (χ0v) is 16.7. The topological polar surface area (TPSA) is 81.7 Å². The maximum absolute atomic E-state index is 12.1. The third-order valence-corrected chi connectivity index (χ3v) is 5.10. The first-order valence-electron chi connectivity index (χ1n) is 8.90. The first kappa shape index (κ1) is 20.4. The number of ether oxygens (including phenoxy) is 2. The van der Waals surface area contributed by atoms with Crippen molar-refractivity contribution >= 4 is 21.4 Å². The summed E-state index contributed by atoms with van der Waals surface area (Å²) in [4.78, 5) is 12.2. The Bertz CT molecular complexity index is 1060. The van der Waals surface area contributed by atoms with Gasteiger partial charge >= 0.3 is 0 Å². The minimum atomic E-state index is -3.34. The normalized spacial score (nSPS) is 10.9. The third kappa shape index (κ3) is 6.36. The second-order valence-corrected chi connectivity index (χ2v) is 8.40. The summed E-state index contributed by atoms with van der Waals surface area (Å²) in [7, 11) is -3.34. The predicted octanol–water partition coefficient (Wildman–Crippen LogP) is 3.69. The molecule has 6 nitrogen and oxygen atoms in total. The first-order valence-corrected chi connectivity index (χ1v) is 10.8. The lowest BCUT2D eigenvalue weighted by Crippen LogP contribution is -2.20. The van der Waals surface area contributed by atoms with E-state index in [4.69, 9.17) is 9.47 Å². The number of amides is 1. The average Bonchev–Trinajstić information content (AvgIpc) is 2.72. The van der Waals surface area contributed by atoms with Crippen LogP contribution in [0.3, 0.4) is 0 Å². The van der Waals surface area contributed by atoms with Crippen LogP contribution in [0, 0.1) is 0 Å². The molecule has 1 N–H and O–H groups in total. The van der Waals surface area contributed by atoms with Crippen molar-refractivity contribution in [2.24, 2.45) is 0 Å². The highest BCUT2D eigenvalue weighted by atomic mass is 32.2. The number of benzene rings is 3. The SMILES string of the molecule is CS(=O)(=O)c1cccc(NC(=O)COc2ccc(OCc3ccccc3)cc2)c1. The van der Waals surface area contributed by atoms with Crippen LogP contribution in [0.25, 0.3) is 0 Å². The minimum absolute atomic E-state index is 0.141. The van der Waals surface area contributed by atoms with Gasteiger partial charge in [0.1, 0.15) is 18.1 Å². The van der Waals surface area contributed by atoms with E-state index in [2.05, 4.69) is 5.32 Å². The van der Waals surface area contributed by atoms with Crippen LogP contribution >= 0.6 is 0 Å². The van der Waals surface area contributed by atoms with E-state index >= 15 is 0 Å². The van der Waals surface area contributed by atoms with Crippen molar-refractivity contribution in [3.63, 3.8) is 0 Å². The van der Waals surface area contributed by atoms with E-state index in [1.165, 1.54) is 12.1 Å². The van der Waals surface area contributed by atoms with Crippen LogP contribution in [-0.4, -0.2) is 27.2 Å². The molecule has 0 spiro atoms. The third-order valence-electron chi connectivity index (χ3n) is 3.99. The van der Waals surface area contributed by atoms with Gasteiger partial charge in [0.15, 0.2) is 16.4 Å². The Hall–Kier alpha value is -3.32. The van der Waals surface area contributed by atoms with Gasteiger partial charge in [-0.15, -0.1) is 0 Å². The van der Waals surface area contributed by atoms with Crippen LogP contribution in [0.2, 0.25) is 0 Å². The Kier molecular flexibility index (Phi) is 6.51. The van der Waals surface area contributed by atoms with Crippen LogP contribution in [-0.2, 0) is 21.2 Å². The van der Waals surface area contributed by atoms with E-state index in [1.54, 1.807) is 36.4 Å². The van der Waals surface area contributed by atoms with Crippen LogP contribution in [0.15, 0.2) is 83.8 Å².